The number of nitrogens with zero attached hydrogens (tertiary/aromatic N) is 1. The number of rotatable bonds is 4. The minimum absolute atomic E-state index is 0.488. The van der Waals surface area contributed by atoms with Gasteiger partial charge in [0.25, 0.3) is 0 Å². The summed E-state index contributed by atoms with van der Waals surface area (Å²) in [5.41, 5.74) is -0.480. The van der Waals surface area contributed by atoms with E-state index in [0.717, 1.165) is 18.4 Å². The summed E-state index contributed by atoms with van der Waals surface area (Å²) in [5, 5.41) is 10.1. The predicted molar refractivity (Wildman–Crippen MR) is 80.8 cm³/mol. The lowest BCUT2D eigenvalue weighted by atomic mass is 9.58. The molecule has 1 N–H and O–H groups in total. The topological polar surface area (TPSA) is 40.5 Å². The standard InChI is InChI=1S/C17H23NO2/c1-4-16(18(2)3)12-8-9-13-17(16,15(19)20)14-10-6-5-7-11-14/h5-8,10-12H,4,9,13H2,1-3H3,(H,19,20). The highest BCUT2D eigenvalue weighted by Crippen LogP contribution is 2.48. The first-order valence-corrected chi connectivity index (χ1v) is 7.15. The van der Waals surface area contributed by atoms with Gasteiger partial charge in [-0.25, -0.2) is 0 Å². The van der Waals surface area contributed by atoms with Crippen molar-refractivity contribution in [2.24, 2.45) is 0 Å². The van der Waals surface area contributed by atoms with Crippen LogP contribution in [0.3, 0.4) is 0 Å². The van der Waals surface area contributed by atoms with E-state index in [1.54, 1.807) is 0 Å². The van der Waals surface area contributed by atoms with E-state index in [0.29, 0.717) is 6.42 Å². The Kier molecular flexibility index (Phi) is 4.00. The highest BCUT2D eigenvalue weighted by molar-refractivity contribution is 5.84. The van der Waals surface area contributed by atoms with Crippen LogP contribution < -0.4 is 0 Å². The van der Waals surface area contributed by atoms with Crippen molar-refractivity contribution < 1.29 is 9.90 Å². The van der Waals surface area contributed by atoms with Crippen molar-refractivity contribution in [3.8, 4) is 0 Å². The zero-order valence-electron chi connectivity index (χ0n) is 12.5. The minimum Gasteiger partial charge on any atom is -0.481 e. The molecule has 0 saturated carbocycles. The molecule has 0 radical (unpaired) electrons. The molecule has 2 unspecified atom stereocenters. The van der Waals surface area contributed by atoms with Gasteiger partial charge in [0.15, 0.2) is 0 Å². The van der Waals surface area contributed by atoms with E-state index in [1.807, 2.05) is 44.4 Å². The van der Waals surface area contributed by atoms with Crippen LogP contribution in [0, 0.1) is 0 Å². The van der Waals surface area contributed by atoms with E-state index in [1.165, 1.54) is 0 Å². The molecule has 1 aromatic carbocycles. The maximum absolute atomic E-state index is 12.3. The molecule has 0 spiro atoms. The zero-order valence-corrected chi connectivity index (χ0v) is 12.5. The average Bonchev–Trinajstić information content (AvgIpc) is 2.47. The van der Waals surface area contributed by atoms with Crippen LogP contribution in [-0.2, 0) is 10.2 Å². The molecule has 0 aromatic heterocycles. The summed E-state index contributed by atoms with van der Waals surface area (Å²) in [6.45, 7) is 2.07. The van der Waals surface area contributed by atoms with Crippen molar-refractivity contribution in [2.45, 2.75) is 37.1 Å². The average molecular weight is 273 g/mol. The maximum Gasteiger partial charge on any atom is 0.316 e. The predicted octanol–water partition coefficient (Wildman–Crippen LogP) is 3.07. The minimum atomic E-state index is -0.888. The molecule has 0 aliphatic heterocycles. The number of allylic oxidation sites excluding steroid dienone is 1. The lowest BCUT2D eigenvalue weighted by molar-refractivity contribution is -0.150. The van der Waals surface area contributed by atoms with Crippen molar-refractivity contribution >= 4 is 5.97 Å². The van der Waals surface area contributed by atoms with Gasteiger partial charge in [0.1, 0.15) is 5.41 Å². The fraction of sp³-hybridized carbons (Fsp3) is 0.471. The molecule has 0 heterocycles. The fourth-order valence-corrected chi connectivity index (χ4v) is 3.74. The van der Waals surface area contributed by atoms with E-state index >= 15 is 0 Å². The summed E-state index contributed by atoms with van der Waals surface area (Å²) in [7, 11) is 3.94. The Balaban J connectivity index is 2.73. The number of hydrogen-bond acceptors (Lipinski definition) is 2. The second-order valence-electron chi connectivity index (χ2n) is 5.69. The third kappa shape index (κ3) is 1.88. The van der Waals surface area contributed by atoms with E-state index in [9.17, 15) is 9.90 Å². The van der Waals surface area contributed by atoms with Crippen molar-refractivity contribution in [3.63, 3.8) is 0 Å². The van der Waals surface area contributed by atoms with Gasteiger partial charge in [-0.3, -0.25) is 9.69 Å². The first kappa shape index (κ1) is 14.8. The monoisotopic (exact) mass is 273 g/mol. The number of carbonyl (C=O) groups is 1. The molecule has 0 bridgehead atoms. The van der Waals surface area contributed by atoms with E-state index in [4.69, 9.17) is 0 Å². The smallest absolute Gasteiger partial charge is 0.316 e. The van der Waals surface area contributed by atoms with Gasteiger partial charge in [0.2, 0.25) is 0 Å². The van der Waals surface area contributed by atoms with E-state index < -0.39 is 16.9 Å². The molecular weight excluding hydrogens is 250 g/mol. The van der Waals surface area contributed by atoms with E-state index in [2.05, 4.69) is 24.0 Å². The van der Waals surface area contributed by atoms with Gasteiger partial charge < -0.3 is 5.11 Å². The Morgan fingerprint density at radius 3 is 2.45 bits per heavy atom. The van der Waals surface area contributed by atoms with Gasteiger partial charge in [-0.05, 0) is 38.9 Å². The number of carboxylic acids is 1. The van der Waals surface area contributed by atoms with Crippen LogP contribution in [0.1, 0.15) is 31.7 Å². The molecule has 20 heavy (non-hydrogen) atoms. The van der Waals surface area contributed by atoms with Crippen LogP contribution in [0.2, 0.25) is 0 Å². The van der Waals surface area contributed by atoms with Crippen LogP contribution in [0.15, 0.2) is 42.5 Å². The van der Waals surface area contributed by atoms with Gasteiger partial charge in [-0.2, -0.15) is 0 Å². The van der Waals surface area contributed by atoms with Gasteiger partial charge in [0, 0.05) is 0 Å². The molecule has 0 amide bonds. The molecule has 0 fully saturated rings. The van der Waals surface area contributed by atoms with Crippen LogP contribution in [0.25, 0.3) is 0 Å². The third-order valence-electron chi connectivity index (χ3n) is 4.79. The van der Waals surface area contributed by atoms with Crippen LogP contribution in [-0.4, -0.2) is 35.6 Å². The molecule has 108 valence electrons. The Labute approximate surface area is 120 Å². The first-order valence-electron chi connectivity index (χ1n) is 7.15. The van der Waals surface area contributed by atoms with Crippen molar-refractivity contribution in [2.75, 3.05) is 14.1 Å². The number of carboxylic acid groups (broad SMARTS) is 1. The SMILES string of the molecule is CCC1(N(C)C)C=CCCC1(C(=O)O)c1ccccc1. The van der Waals surface area contributed by atoms with Crippen molar-refractivity contribution in [3.05, 3.63) is 48.0 Å². The van der Waals surface area contributed by atoms with Gasteiger partial charge in [-0.1, -0.05) is 49.4 Å². The first-order chi connectivity index (χ1) is 9.51. The summed E-state index contributed by atoms with van der Waals surface area (Å²) >= 11 is 0. The quantitative estimate of drug-likeness (QED) is 0.857. The molecule has 0 saturated heterocycles. The lowest BCUT2D eigenvalue weighted by Crippen LogP contribution is -2.63. The van der Waals surface area contributed by atoms with Crippen LogP contribution in [0.4, 0.5) is 0 Å². The highest BCUT2D eigenvalue weighted by atomic mass is 16.4. The molecule has 2 atom stereocenters. The molecular formula is C17H23NO2. The lowest BCUT2D eigenvalue weighted by Gasteiger charge is -2.52. The van der Waals surface area contributed by atoms with Gasteiger partial charge in [-0.15, -0.1) is 0 Å². The third-order valence-corrected chi connectivity index (χ3v) is 4.79. The number of aliphatic carboxylic acids is 1. The normalized spacial score (nSPS) is 29.6. The Bertz CT molecular complexity index is 509. The summed E-state index contributed by atoms with van der Waals surface area (Å²) in [6, 6.07) is 9.67. The molecule has 1 aromatic rings. The van der Waals surface area contributed by atoms with Crippen molar-refractivity contribution in [1.29, 1.82) is 0 Å². The number of likely N-dealkylation sites (N-methyl/N-ethyl adjacent to an activating group) is 1. The number of hydrogen-bond donors (Lipinski definition) is 1. The summed E-state index contributed by atoms with van der Waals surface area (Å²) < 4.78 is 0. The zero-order chi connectivity index (χ0) is 14.8. The van der Waals surface area contributed by atoms with Crippen LogP contribution >= 0.6 is 0 Å². The fourth-order valence-electron chi connectivity index (χ4n) is 3.74. The maximum atomic E-state index is 12.3. The summed E-state index contributed by atoms with van der Waals surface area (Å²) in [5.74, 6) is -0.733. The molecule has 2 rings (SSSR count). The second-order valence-corrected chi connectivity index (χ2v) is 5.69. The second kappa shape index (κ2) is 5.41. The Morgan fingerprint density at radius 2 is 1.95 bits per heavy atom. The highest BCUT2D eigenvalue weighted by Gasteiger charge is 2.57. The Morgan fingerprint density at radius 1 is 1.30 bits per heavy atom. The molecule has 1 aliphatic rings. The molecule has 1 aliphatic carbocycles. The summed E-state index contributed by atoms with van der Waals surface area (Å²) in [6.07, 6.45) is 6.41. The van der Waals surface area contributed by atoms with Gasteiger partial charge in [0.05, 0.1) is 5.54 Å². The van der Waals surface area contributed by atoms with Crippen LogP contribution in [0.5, 0.6) is 0 Å². The van der Waals surface area contributed by atoms with Crippen molar-refractivity contribution in [1.82, 2.24) is 4.90 Å². The summed E-state index contributed by atoms with van der Waals surface area (Å²) in [4.78, 5) is 14.4. The van der Waals surface area contributed by atoms with Gasteiger partial charge >= 0.3 is 5.97 Å². The largest absolute Gasteiger partial charge is 0.481 e. The molecule has 3 nitrogen and oxygen atoms in total. The Hall–Kier alpha value is -1.61. The number of benzene rings is 1. The van der Waals surface area contributed by atoms with E-state index in [-0.39, 0.29) is 0 Å². The molecule has 3 heteroatoms.